The van der Waals surface area contributed by atoms with Gasteiger partial charge in [-0.05, 0) is 18.2 Å². The average Bonchev–Trinajstić information content (AvgIpc) is 2.64. The molecule has 2 aromatic rings. The second-order valence-corrected chi connectivity index (χ2v) is 3.74. The van der Waals surface area contributed by atoms with Crippen LogP contribution >= 0.6 is 0 Å². The Hall–Kier alpha value is -2.04. The van der Waals surface area contributed by atoms with Gasteiger partial charge in [-0.1, -0.05) is 0 Å². The Morgan fingerprint density at radius 2 is 2.12 bits per heavy atom. The predicted molar refractivity (Wildman–Crippen MR) is 62.7 cm³/mol. The molecule has 0 saturated heterocycles. The Morgan fingerprint density at radius 3 is 2.69 bits per heavy atom. The van der Waals surface area contributed by atoms with Crippen LogP contribution in [-0.2, 0) is 0 Å². The summed E-state index contributed by atoms with van der Waals surface area (Å²) < 4.78 is 13.2. The lowest BCUT2D eigenvalue weighted by atomic mass is 10.1. The molecule has 3 N–H and O–H groups in total. The van der Waals surface area contributed by atoms with E-state index < -0.39 is 0 Å². The number of aromatic amines is 1. The van der Waals surface area contributed by atoms with Crippen LogP contribution in [0.1, 0.15) is 0 Å². The number of imidazole rings is 1. The van der Waals surface area contributed by atoms with Crippen LogP contribution in [-0.4, -0.2) is 24.1 Å². The fourth-order valence-electron chi connectivity index (χ4n) is 1.59. The maximum atomic E-state index is 13.2. The molecular weight excluding hydrogens is 207 g/mol. The first-order chi connectivity index (χ1) is 7.58. The zero-order chi connectivity index (χ0) is 11.7. The maximum absolute atomic E-state index is 13.2. The van der Waals surface area contributed by atoms with Crippen molar-refractivity contribution in [3.8, 4) is 11.3 Å². The van der Waals surface area contributed by atoms with Crippen LogP contribution in [0.4, 0.5) is 16.0 Å². The molecule has 0 saturated carbocycles. The van der Waals surface area contributed by atoms with Crippen LogP contribution in [0.2, 0.25) is 0 Å². The second kappa shape index (κ2) is 3.84. The molecule has 0 aliphatic rings. The molecule has 2 rings (SSSR count). The third kappa shape index (κ3) is 1.84. The first kappa shape index (κ1) is 10.5. The van der Waals surface area contributed by atoms with Gasteiger partial charge in [-0.15, -0.1) is 0 Å². The van der Waals surface area contributed by atoms with E-state index in [9.17, 15) is 4.39 Å². The number of hydrogen-bond acceptors (Lipinski definition) is 3. The number of halogens is 1. The summed E-state index contributed by atoms with van der Waals surface area (Å²) >= 11 is 0. The van der Waals surface area contributed by atoms with Gasteiger partial charge in [0.05, 0.1) is 11.9 Å². The van der Waals surface area contributed by atoms with Crippen molar-refractivity contribution in [1.82, 2.24) is 9.97 Å². The molecule has 0 atom stereocenters. The second-order valence-electron chi connectivity index (χ2n) is 3.74. The number of benzene rings is 1. The highest BCUT2D eigenvalue weighted by Gasteiger charge is 2.10. The van der Waals surface area contributed by atoms with E-state index >= 15 is 0 Å². The van der Waals surface area contributed by atoms with E-state index in [1.807, 2.05) is 19.0 Å². The monoisotopic (exact) mass is 220 g/mol. The molecule has 16 heavy (non-hydrogen) atoms. The van der Waals surface area contributed by atoms with Crippen molar-refractivity contribution in [2.75, 3.05) is 24.7 Å². The Labute approximate surface area is 92.9 Å². The average molecular weight is 220 g/mol. The molecule has 0 bridgehead atoms. The minimum atomic E-state index is -0.284. The number of anilines is 2. The van der Waals surface area contributed by atoms with Crippen molar-refractivity contribution in [3.63, 3.8) is 0 Å². The molecular formula is C11H13FN4. The van der Waals surface area contributed by atoms with Gasteiger partial charge in [0.1, 0.15) is 5.82 Å². The number of aromatic nitrogens is 2. The zero-order valence-corrected chi connectivity index (χ0v) is 9.16. The molecule has 1 aromatic heterocycles. The summed E-state index contributed by atoms with van der Waals surface area (Å²) in [4.78, 5) is 8.70. The number of nitrogens with one attached hydrogen (secondary N) is 1. The van der Waals surface area contributed by atoms with Gasteiger partial charge in [0.25, 0.3) is 0 Å². The molecule has 0 fully saturated rings. The number of rotatable bonds is 2. The Bertz CT molecular complexity index is 504. The molecule has 0 spiro atoms. The van der Waals surface area contributed by atoms with Crippen molar-refractivity contribution in [2.45, 2.75) is 0 Å². The maximum Gasteiger partial charge on any atom is 0.197 e. The van der Waals surface area contributed by atoms with Crippen LogP contribution < -0.4 is 10.6 Å². The van der Waals surface area contributed by atoms with Crippen molar-refractivity contribution in [2.24, 2.45) is 0 Å². The highest BCUT2D eigenvalue weighted by molar-refractivity contribution is 5.76. The number of H-pyrrole nitrogens is 1. The number of nitrogen functional groups attached to an aromatic ring is 1. The predicted octanol–water partition coefficient (Wildman–Crippen LogP) is 1.86. The Balaban J connectivity index is 2.57. The van der Waals surface area contributed by atoms with Crippen molar-refractivity contribution >= 4 is 11.6 Å². The molecule has 0 aliphatic carbocycles. The summed E-state index contributed by atoms with van der Waals surface area (Å²) in [5.74, 6) is 0.0396. The summed E-state index contributed by atoms with van der Waals surface area (Å²) in [5, 5.41) is 0. The lowest BCUT2D eigenvalue weighted by Crippen LogP contribution is -2.10. The number of nitrogens with two attached hydrogens (primary N) is 1. The third-order valence-corrected chi connectivity index (χ3v) is 2.33. The number of hydrogen-bond donors (Lipinski definition) is 2. The van der Waals surface area contributed by atoms with Gasteiger partial charge in [0.15, 0.2) is 5.95 Å². The summed E-state index contributed by atoms with van der Waals surface area (Å²) in [5.41, 5.74) is 7.87. The quantitative estimate of drug-likeness (QED) is 0.812. The van der Waals surface area contributed by atoms with Crippen LogP contribution in [0, 0.1) is 5.82 Å². The van der Waals surface area contributed by atoms with Gasteiger partial charge in [0, 0.05) is 25.3 Å². The van der Waals surface area contributed by atoms with E-state index in [1.54, 1.807) is 12.3 Å². The van der Waals surface area contributed by atoms with Gasteiger partial charge < -0.3 is 15.6 Å². The van der Waals surface area contributed by atoms with Crippen LogP contribution in [0.15, 0.2) is 24.4 Å². The molecule has 0 unspecified atom stereocenters. The summed E-state index contributed by atoms with van der Waals surface area (Å²) in [7, 11) is 3.80. The van der Waals surface area contributed by atoms with E-state index in [4.69, 9.17) is 5.73 Å². The van der Waals surface area contributed by atoms with E-state index in [1.165, 1.54) is 12.1 Å². The Morgan fingerprint density at radius 1 is 1.38 bits per heavy atom. The van der Waals surface area contributed by atoms with Crippen molar-refractivity contribution in [3.05, 3.63) is 30.2 Å². The molecule has 1 aromatic carbocycles. The topological polar surface area (TPSA) is 57.9 Å². The van der Waals surface area contributed by atoms with Crippen LogP contribution in [0.3, 0.4) is 0 Å². The van der Waals surface area contributed by atoms with Gasteiger partial charge in [0.2, 0.25) is 0 Å². The Kier molecular flexibility index (Phi) is 2.52. The fraction of sp³-hybridized carbons (Fsp3) is 0.182. The SMILES string of the molecule is CN(C)c1ccc(F)cc1-c1cnc(N)[nH]1. The largest absolute Gasteiger partial charge is 0.377 e. The lowest BCUT2D eigenvalue weighted by molar-refractivity contribution is 0.628. The van der Waals surface area contributed by atoms with Gasteiger partial charge in [-0.3, -0.25) is 0 Å². The summed E-state index contributed by atoms with van der Waals surface area (Å²) in [6.07, 6.45) is 1.59. The lowest BCUT2D eigenvalue weighted by Gasteiger charge is -2.16. The standard InChI is InChI=1S/C11H13FN4/c1-16(2)10-4-3-7(12)5-8(10)9-6-14-11(13)15-9/h3-6H,1-2H3,(H3,13,14,15). The molecule has 5 heteroatoms. The van der Waals surface area contributed by atoms with Crippen LogP contribution in [0.25, 0.3) is 11.3 Å². The van der Waals surface area contributed by atoms with Crippen molar-refractivity contribution in [1.29, 1.82) is 0 Å². The van der Waals surface area contributed by atoms with E-state index in [-0.39, 0.29) is 5.82 Å². The summed E-state index contributed by atoms with van der Waals surface area (Å²) in [6.45, 7) is 0. The fourth-order valence-corrected chi connectivity index (χ4v) is 1.59. The summed E-state index contributed by atoms with van der Waals surface area (Å²) in [6, 6.07) is 4.61. The minimum absolute atomic E-state index is 0.284. The zero-order valence-electron chi connectivity index (χ0n) is 9.16. The highest BCUT2D eigenvalue weighted by Crippen LogP contribution is 2.29. The number of nitrogens with zero attached hydrogens (tertiary/aromatic N) is 2. The smallest absolute Gasteiger partial charge is 0.197 e. The van der Waals surface area contributed by atoms with E-state index in [2.05, 4.69) is 9.97 Å². The normalized spacial score (nSPS) is 10.4. The first-order valence-electron chi connectivity index (χ1n) is 4.85. The molecule has 0 radical (unpaired) electrons. The van der Waals surface area contributed by atoms with E-state index in [0.29, 0.717) is 11.6 Å². The molecule has 0 amide bonds. The molecule has 4 nitrogen and oxygen atoms in total. The van der Waals surface area contributed by atoms with Gasteiger partial charge in [-0.25, -0.2) is 9.37 Å². The molecule has 84 valence electrons. The highest BCUT2D eigenvalue weighted by atomic mass is 19.1. The molecule has 1 heterocycles. The third-order valence-electron chi connectivity index (χ3n) is 2.33. The first-order valence-corrected chi connectivity index (χ1v) is 4.85. The van der Waals surface area contributed by atoms with Crippen molar-refractivity contribution < 1.29 is 4.39 Å². The van der Waals surface area contributed by atoms with Gasteiger partial charge >= 0.3 is 0 Å². The minimum Gasteiger partial charge on any atom is -0.377 e. The van der Waals surface area contributed by atoms with Crippen LogP contribution in [0.5, 0.6) is 0 Å². The van der Waals surface area contributed by atoms with Gasteiger partial charge in [-0.2, -0.15) is 0 Å². The van der Waals surface area contributed by atoms with E-state index in [0.717, 1.165) is 11.3 Å². The molecule has 0 aliphatic heterocycles.